The van der Waals surface area contributed by atoms with E-state index in [4.69, 9.17) is 14.2 Å². The third-order valence-electron chi connectivity index (χ3n) is 6.99. The summed E-state index contributed by atoms with van der Waals surface area (Å²) in [7, 11) is 3.60. The molecule has 0 saturated heterocycles. The van der Waals surface area contributed by atoms with Gasteiger partial charge in [-0.05, 0) is 75.0 Å². The second-order valence-corrected chi connectivity index (χ2v) is 10.2. The van der Waals surface area contributed by atoms with Gasteiger partial charge in [0.2, 0.25) is 0 Å². The summed E-state index contributed by atoms with van der Waals surface area (Å²) in [5, 5.41) is 0. The summed E-state index contributed by atoms with van der Waals surface area (Å²) >= 11 is 0. The zero-order chi connectivity index (χ0) is 20.8. The van der Waals surface area contributed by atoms with Gasteiger partial charge in [0.1, 0.15) is 5.60 Å². The highest BCUT2D eigenvalue weighted by molar-refractivity contribution is 5.70. The maximum Gasteiger partial charge on any atom is 0.306 e. The molecule has 0 radical (unpaired) electrons. The highest BCUT2D eigenvalue weighted by Crippen LogP contribution is 2.48. The van der Waals surface area contributed by atoms with Gasteiger partial charge in [-0.15, -0.1) is 0 Å². The molecule has 0 aromatic carbocycles. The Hall–Kier alpha value is -0.610. The van der Waals surface area contributed by atoms with E-state index in [0.29, 0.717) is 24.4 Å². The van der Waals surface area contributed by atoms with Crippen LogP contribution in [0.1, 0.15) is 98.3 Å². The van der Waals surface area contributed by atoms with Crippen molar-refractivity contribution >= 4 is 5.97 Å². The first kappa shape index (κ1) is 23.7. The maximum atomic E-state index is 12.8. The Labute approximate surface area is 173 Å². The predicted octanol–water partition coefficient (Wildman–Crippen LogP) is 5.92. The lowest BCUT2D eigenvalue weighted by molar-refractivity contribution is -0.175. The Balaban J connectivity index is 1.94. The number of carbonyl (C=O) groups excluding carboxylic acids is 1. The van der Waals surface area contributed by atoms with Gasteiger partial charge in [0.05, 0.1) is 12.2 Å². The lowest BCUT2D eigenvalue weighted by atomic mass is 9.73. The fourth-order valence-electron chi connectivity index (χ4n) is 6.20. The fourth-order valence-corrected chi connectivity index (χ4v) is 6.20. The number of ether oxygens (including phenoxy) is 3. The molecule has 164 valence electrons. The van der Waals surface area contributed by atoms with Crippen molar-refractivity contribution < 1.29 is 19.0 Å². The highest BCUT2D eigenvalue weighted by atomic mass is 16.6. The van der Waals surface area contributed by atoms with Crippen LogP contribution < -0.4 is 0 Å². The van der Waals surface area contributed by atoms with E-state index in [2.05, 4.69) is 27.7 Å². The molecule has 4 atom stereocenters. The minimum atomic E-state index is -0.419. The maximum absolute atomic E-state index is 12.8. The monoisotopic (exact) mass is 396 g/mol. The fraction of sp³-hybridized carbons (Fsp3) is 0.958. The summed E-state index contributed by atoms with van der Waals surface area (Å²) in [4.78, 5) is 12.8. The average Bonchev–Trinajstić information content (AvgIpc) is 3.17. The van der Waals surface area contributed by atoms with Crippen molar-refractivity contribution in [2.45, 2.75) is 116 Å². The molecule has 4 unspecified atom stereocenters. The molecule has 0 N–H and O–H groups in total. The molecule has 4 nitrogen and oxygen atoms in total. The molecule has 2 saturated carbocycles. The van der Waals surface area contributed by atoms with Gasteiger partial charge in [-0.3, -0.25) is 4.79 Å². The first-order valence-corrected chi connectivity index (χ1v) is 11.5. The number of esters is 1. The minimum absolute atomic E-state index is 0.0406. The third-order valence-corrected chi connectivity index (χ3v) is 6.99. The summed E-state index contributed by atoms with van der Waals surface area (Å²) in [6.07, 6.45) is 11.5. The zero-order valence-corrected chi connectivity index (χ0v) is 19.2. The van der Waals surface area contributed by atoms with Crippen molar-refractivity contribution in [3.8, 4) is 0 Å². The van der Waals surface area contributed by atoms with Gasteiger partial charge < -0.3 is 14.2 Å². The van der Waals surface area contributed by atoms with Gasteiger partial charge in [0, 0.05) is 20.6 Å². The van der Waals surface area contributed by atoms with Crippen LogP contribution in [0.3, 0.4) is 0 Å². The molecule has 2 rings (SSSR count). The van der Waals surface area contributed by atoms with Gasteiger partial charge in [0.25, 0.3) is 0 Å². The van der Waals surface area contributed by atoms with Crippen LogP contribution >= 0.6 is 0 Å². The van der Waals surface area contributed by atoms with E-state index in [1.165, 1.54) is 19.3 Å². The number of methoxy groups -OCH3 is 2. The van der Waals surface area contributed by atoms with Crippen LogP contribution in [0.5, 0.6) is 0 Å². The molecule has 0 heterocycles. The van der Waals surface area contributed by atoms with E-state index >= 15 is 0 Å². The molecule has 0 aromatic heterocycles. The van der Waals surface area contributed by atoms with Crippen LogP contribution in [-0.4, -0.2) is 38.0 Å². The van der Waals surface area contributed by atoms with Crippen LogP contribution in [0.25, 0.3) is 0 Å². The van der Waals surface area contributed by atoms with E-state index in [9.17, 15) is 4.79 Å². The van der Waals surface area contributed by atoms with Gasteiger partial charge in [-0.2, -0.15) is 0 Å². The van der Waals surface area contributed by atoms with Crippen molar-refractivity contribution in [3.63, 3.8) is 0 Å². The number of rotatable bonds is 11. The van der Waals surface area contributed by atoms with Gasteiger partial charge >= 0.3 is 5.97 Å². The summed E-state index contributed by atoms with van der Waals surface area (Å²) in [5.41, 5.74) is -0.181. The van der Waals surface area contributed by atoms with Crippen LogP contribution in [0.4, 0.5) is 0 Å². The largest absolute Gasteiger partial charge is 0.456 e. The molecule has 2 fully saturated rings. The normalized spacial score (nSPS) is 33.1. The van der Waals surface area contributed by atoms with Crippen LogP contribution in [0.15, 0.2) is 0 Å². The van der Waals surface area contributed by atoms with Crippen LogP contribution in [0.2, 0.25) is 0 Å². The zero-order valence-electron chi connectivity index (χ0n) is 19.2. The Morgan fingerprint density at radius 2 is 1.54 bits per heavy atom. The number of carbonyl (C=O) groups is 1. The summed E-state index contributed by atoms with van der Waals surface area (Å²) in [6, 6.07) is 0. The molecule has 4 heteroatoms. The van der Waals surface area contributed by atoms with E-state index < -0.39 is 5.60 Å². The van der Waals surface area contributed by atoms with Crippen molar-refractivity contribution in [3.05, 3.63) is 0 Å². The second kappa shape index (κ2) is 10.4. The van der Waals surface area contributed by atoms with Crippen molar-refractivity contribution in [2.24, 2.45) is 17.3 Å². The van der Waals surface area contributed by atoms with Crippen molar-refractivity contribution in [1.29, 1.82) is 0 Å². The van der Waals surface area contributed by atoms with E-state index in [-0.39, 0.29) is 17.5 Å². The smallest absolute Gasteiger partial charge is 0.306 e. The standard InChI is InChI=1S/C24H44O4/c1-18(2)16-23(13-7-10-20(23)26-5)14-9-12-22(25)28-24(17-19(3)4)15-8-11-21(24)27-6/h18-21H,7-17H2,1-6H3. The third kappa shape index (κ3) is 5.72. The Kier molecular flexibility index (Phi) is 8.81. The predicted molar refractivity (Wildman–Crippen MR) is 113 cm³/mol. The van der Waals surface area contributed by atoms with Crippen LogP contribution in [0, 0.1) is 17.3 Å². The second-order valence-electron chi connectivity index (χ2n) is 10.2. The van der Waals surface area contributed by atoms with E-state index in [1.54, 1.807) is 7.11 Å². The molecule has 2 aliphatic rings. The topological polar surface area (TPSA) is 44.8 Å². The Bertz CT molecular complexity index is 489. The summed E-state index contributed by atoms with van der Waals surface area (Å²) in [5.74, 6) is 1.09. The molecule has 0 aromatic rings. The molecular weight excluding hydrogens is 352 g/mol. The van der Waals surface area contributed by atoms with Gasteiger partial charge in [0.15, 0.2) is 0 Å². The molecule has 0 amide bonds. The van der Waals surface area contributed by atoms with E-state index in [1.807, 2.05) is 7.11 Å². The average molecular weight is 397 g/mol. The van der Waals surface area contributed by atoms with E-state index in [0.717, 1.165) is 44.9 Å². The van der Waals surface area contributed by atoms with Crippen molar-refractivity contribution in [2.75, 3.05) is 14.2 Å². The molecule has 0 aliphatic heterocycles. The quantitative estimate of drug-likeness (QED) is 0.407. The van der Waals surface area contributed by atoms with Crippen LogP contribution in [-0.2, 0) is 19.0 Å². The highest BCUT2D eigenvalue weighted by Gasteiger charge is 2.47. The molecular formula is C24H44O4. The van der Waals surface area contributed by atoms with Gasteiger partial charge in [-0.1, -0.05) is 34.1 Å². The lowest BCUT2D eigenvalue weighted by Gasteiger charge is -2.37. The number of hydrogen-bond donors (Lipinski definition) is 0. The molecule has 2 aliphatic carbocycles. The molecule has 0 bridgehead atoms. The summed E-state index contributed by atoms with van der Waals surface area (Å²) < 4.78 is 17.7. The summed E-state index contributed by atoms with van der Waals surface area (Å²) in [6.45, 7) is 8.98. The first-order valence-electron chi connectivity index (χ1n) is 11.5. The molecule has 28 heavy (non-hydrogen) atoms. The lowest BCUT2D eigenvalue weighted by Crippen LogP contribution is -2.44. The number of hydrogen-bond acceptors (Lipinski definition) is 4. The Morgan fingerprint density at radius 1 is 0.929 bits per heavy atom. The minimum Gasteiger partial charge on any atom is -0.456 e. The van der Waals surface area contributed by atoms with Gasteiger partial charge in [-0.25, -0.2) is 0 Å². The van der Waals surface area contributed by atoms with Crippen molar-refractivity contribution in [1.82, 2.24) is 0 Å². The molecule has 0 spiro atoms. The first-order chi connectivity index (χ1) is 13.3. The SMILES string of the molecule is COC1CCCC1(CCCC(=O)OC1(CC(C)C)CCCC1OC)CC(C)C. The Morgan fingerprint density at radius 3 is 2.14 bits per heavy atom.